The van der Waals surface area contributed by atoms with Gasteiger partial charge in [-0.15, -0.1) is 0 Å². The van der Waals surface area contributed by atoms with Gasteiger partial charge in [-0.1, -0.05) is 23.2 Å². The number of nitrogens with zero attached hydrogens (tertiary/aromatic N) is 4. The third-order valence-electron chi connectivity index (χ3n) is 5.50. The molecule has 2 heterocycles. The Bertz CT molecular complexity index is 1540. The zero-order valence-electron chi connectivity index (χ0n) is 19.6. The van der Waals surface area contributed by atoms with Crippen LogP contribution in [0.4, 0.5) is 5.69 Å². The van der Waals surface area contributed by atoms with Crippen molar-refractivity contribution in [1.82, 2.24) is 19.9 Å². The average Bonchev–Trinajstić information content (AvgIpc) is 2.83. The van der Waals surface area contributed by atoms with Crippen LogP contribution in [-0.4, -0.2) is 27.0 Å². The zero-order valence-corrected chi connectivity index (χ0v) is 21.1. The van der Waals surface area contributed by atoms with E-state index in [4.69, 9.17) is 38.4 Å². The Labute approximate surface area is 212 Å². The lowest BCUT2D eigenvalue weighted by atomic mass is 10.1. The number of ether oxygens (including phenoxy) is 2. The fourth-order valence-electron chi connectivity index (χ4n) is 3.43. The lowest BCUT2D eigenvalue weighted by Crippen LogP contribution is -1.94. The highest BCUT2D eigenvalue weighted by Crippen LogP contribution is 2.31. The topological polar surface area (TPSA) is 96.0 Å². The van der Waals surface area contributed by atoms with E-state index in [1.807, 2.05) is 38.1 Å². The molecule has 0 amide bonds. The molecule has 0 saturated carbocycles. The van der Waals surface area contributed by atoms with Crippen LogP contribution in [0.1, 0.15) is 16.7 Å². The van der Waals surface area contributed by atoms with Crippen molar-refractivity contribution >= 4 is 50.7 Å². The van der Waals surface area contributed by atoms with E-state index in [9.17, 15) is 0 Å². The number of methoxy groups -OCH3 is 1. The molecule has 0 aliphatic rings. The Kier molecular flexibility index (Phi) is 7.19. The van der Waals surface area contributed by atoms with Gasteiger partial charge in [0, 0.05) is 11.5 Å². The fraction of sp³-hybridized carbons (Fsp3) is 0.154. The number of benzene rings is 3. The van der Waals surface area contributed by atoms with Gasteiger partial charge in [0.1, 0.15) is 29.3 Å². The minimum absolute atomic E-state index is 0.452. The van der Waals surface area contributed by atoms with E-state index in [2.05, 4.69) is 26.9 Å². The van der Waals surface area contributed by atoms with E-state index in [1.54, 1.807) is 25.3 Å². The number of nitrogens with two attached hydrogens (primary N) is 1. The Morgan fingerprint density at radius 3 is 2.11 bits per heavy atom. The van der Waals surface area contributed by atoms with Gasteiger partial charge in [0.15, 0.2) is 0 Å². The third-order valence-corrected chi connectivity index (χ3v) is 6.13. The van der Waals surface area contributed by atoms with Crippen molar-refractivity contribution < 1.29 is 9.47 Å². The van der Waals surface area contributed by atoms with Gasteiger partial charge in [0.05, 0.1) is 34.2 Å². The molecule has 5 aromatic rings. The molecule has 7 nitrogen and oxygen atoms in total. The first-order chi connectivity index (χ1) is 16.8. The molecule has 0 aliphatic heterocycles. The smallest absolute Gasteiger partial charge is 0.230 e. The highest BCUT2D eigenvalue weighted by molar-refractivity contribution is 6.34. The maximum atomic E-state index is 6.01. The SMILES string of the molecule is COc1cc2c(Cl)ncnc2cc1C.Cc1cc2ncnc(Oc3ccc(N)c(Cl)c3)c2cc1C. The molecule has 0 saturated heterocycles. The second-order valence-corrected chi connectivity index (χ2v) is 8.69. The molecule has 0 aliphatic carbocycles. The second-order valence-electron chi connectivity index (χ2n) is 7.92. The van der Waals surface area contributed by atoms with Gasteiger partial charge >= 0.3 is 0 Å². The molecule has 2 aromatic heterocycles. The molecule has 0 spiro atoms. The fourth-order valence-corrected chi connectivity index (χ4v) is 3.80. The van der Waals surface area contributed by atoms with Crippen LogP contribution in [0, 0.1) is 20.8 Å². The first-order valence-electron chi connectivity index (χ1n) is 10.7. The quantitative estimate of drug-likeness (QED) is 0.210. The number of aryl methyl sites for hydroxylation is 3. The predicted octanol–water partition coefficient (Wildman–Crippen LogP) is 6.87. The van der Waals surface area contributed by atoms with Gasteiger partial charge in [-0.2, -0.15) is 0 Å². The van der Waals surface area contributed by atoms with Crippen molar-refractivity contribution in [2.45, 2.75) is 20.8 Å². The highest BCUT2D eigenvalue weighted by Gasteiger charge is 2.09. The molecule has 0 bridgehead atoms. The van der Waals surface area contributed by atoms with Gasteiger partial charge < -0.3 is 15.2 Å². The van der Waals surface area contributed by atoms with Gasteiger partial charge in [-0.05, 0) is 73.9 Å². The summed E-state index contributed by atoms with van der Waals surface area (Å²) in [7, 11) is 1.63. The van der Waals surface area contributed by atoms with E-state index in [-0.39, 0.29) is 0 Å². The molecule has 0 atom stereocenters. The predicted molar refractivity (Wildman–Crippen MR) is 141 cm³/mol. The molecular weight excluding hydrogens is 485 g/mol. The van der Waals surface area contributed by atoms with Gasteiger partial charge in [-0.25, -0.2) is 19.9 Å². The molecular formula is C26H23Cl2N5O2. The van der Waals surface area contributed by atoms with Crippen LogP contribution in [0.2, 0.25) is 10.2 Å². The van der Waals surface area contributed by atoms with Crippen LogP contribution < -0.4 is 15.2 Å². The lowest BCUT2D eigenvalue weighted by Gasteiger charge is -2.10. The number of rotatable bonds is 3. The van der Waals surface area contributed by atoms with Crippen LogP contribution in [-0.2, 0) is 0 Å². The minimum Gasteiger partial charge on any atom is -0.496 e. The van der Waals surface area contributed by atoms with Crippen LogP contribution in [0.3, 0.4) is 0 Å². The van der Waals surface area contributed by atoms with E-state index in [1.165, 1.54) is 18.2 Å². The first-order valence-corrected chi connectivity index (χ1v) is 11.4. The van der Waals surface area contributed by atoms with Crippen molar-refractivity contribution in [3.8, 4) is 17.4 Å². The third kappa shape index (κ3) is 5.37. The second kappa shape index (κ2) is 10.3. The number of hydrogen-bond donors (Lipinski definition) is 1. The summed E-state index contributed by atoms with van der Waals surface area (Å²) in [6.07, 6.45) is 2.95. The van der Waals surface area contributed by atoms with E-state index >= 15 is 0 Å². The number of halogens is 2. The molecule has 9 heteroatoms. The van der Waals surface area contributed by atoms with Gasteiger partial charge in [-0.3, -0.25) is 0 Å². The maximum Gasteiger partial charge on any atom is 0.230 e. The molecule has 0 fully saturated rings. The summed E-state index contributed by atoms with van der Waals surface area (Å²) in [5, 5.41) is 2.59. The summed E-state index contributed by atoms with van der Waals surface area (Å²) >= 11 is 11.9. The monoisotopic (exact) mass is 507 g/mol. The summed E-state index contributed by atoms with van der Waals surface area (Å²) in [5.41, 5.74) is 11.3. The number of fused-ring (bicyclic) bond motifs is 2. The summed E-state index contributed by atoms with van der Waals surface area (Å²) in [6, 6.07) is 13.0. The lowest BCUT2D eigenvalue weighted by molar-refractivity contribution is 0.412. The molecule has 0 unspecified atom stereocenters. The molecule has 0 radical (unpaired) electrons. The first kappa shape index (κ1) is 24.4. The van der Waals surface area contributed by atoms with Gasteiger partial charge in [0.2, 0.25) is 5.88 Å². The van der Waals surface area contributed by atoms with E-state index < -0.39 is 0 Å². The summed E-state index contributed by atoms with van der Waals surface area (Å²) < 4.78 is 11.0. The van der Waals surface area contributed by atoms with Crippen molar-refractivity contribution in [3.63, 3.8) is 0 Å². The standard InChI is InChI=1S/C16H14ClN3O.C10H9ClN2O/c1-9-5-12-15(6-10(9)2)19-8-20-16(12)21-11-3-4-14(18)13(17)7-11;1-6-3-8-7(4-9(6)14-2)10(11)13-5-12-8/h3-8H,18H2,1-2H3;3-5H,1-2H3. The van der Waals surface area contributed by atoms with Crippen molar-refractivity contribution in [2.75, 3.05) is 12.8 Å². The maximum absolute atomic E-state index is 6.01. The average molecular weight is 508 g/mol. The normalized spacial score (nSPS) is 10.7. The minimum atomic E-state index is 0.452. The van der Waals surface area contributed by atoms with Gasteiger partial charge in [0.25, 0.3) is 0 Å². The number of nitrogen functional groups attached to an aromatic ring is 1. The Morgan fingerprint density at radius 2 is 1.40 bits per heavy atom. The Balaban J connectivity index is 0.000000179. The van der Waals surface area contributed by atoms with E-state index in [0.29, 0.717) is 27.5 Å². The number of anilines is 1. The van der Waals surface area contributed by atoms with Crippen molar-refractivity contribution in [1.29, 1.82) is 0 Å². The Hall–Kier alpha value is -3.68. The number of hydrogen-bond acceptors (Lipinski definition) is 7. The van der Waals surface area contributed by atoms with Crippen molar-refractivity contribution in [3.05, 3.63) is 82.0 Å². The summed E-state index contributed by atoms with van der Waals surface area (Å²) in [4.78, 5) is 16.5. The molecule has 5 rings (SSSR count). The Morgan fingerprint density at radius 1 is 0.743 bits per heavy atom. The summed E-state index contributed by atoms with van der Waals surface area (Å²) in [6.45, 7) is 6.07. The number of aromatic nitrogens is 4. The van der Waals surface area contributed by atoms with Crippen LogP contribution >= 0.6 is 23.2 Å². The summed E-state index contributed by atoms with van der Waals surface area (Å²) in [5.74, 6) is 1.89. The zero-order chi connectivity index (χ0) is 25.1. The molecule has 2 N–H and O–H groups in total. The van der Waals surface area contributed by atoms with Crippen LogP contribution in [0.5, 0.6) is 17.4 Å². The molecule has 3 aromatic carbocycles. The molecule has 178 valence electrons. The molecule has 35 heavy (non-hydrogen) atoms. The van der Waals surface area contributed by atoms with Crippen LogP contribution in [0.15, 0.2) is 55.1 Å². The van der Waals surface area contributed by atoms with Crippen molar-refractivity contribution in [2.24, 2.45) is 0 Å². The van der Waals surface area contributed by atoms with E-state index in [0.717, 1.165) is 38.7 Å². The highest BCUT2D eigenvalue weighted by atomic mass is 35.5. The van der Waals surface area contributed by atoms with Crippen LogP contribution in [0.25, 0.3) is 21.8 Å². The largest absolute Gasteiger partial charge is 0.496 e.